The van der Waals surface area contributed by atoms with E-state index in [0.717, 1.165) is 10.8 Å². The molecule has 0 saturated carbocycles. The number of hydrogen-bond donors (Lipinski definition) is 3. The average Bonchev–Trinajstić information content (AvgIpc) is 2.64. The van der Waals surface area contributed by atoms with E-state index in [1.54, 1.807) is 0 Å². The van der Waals surface area contributed by atoms with Gasteiger partial charge in [-0.2, -0.15) is 4.98 Å². The Balaban J connectivity index is 2.54. The van der Waals surface area contributed by atoms with Gasteiger partial charge in [-0.3, -0.25) is 4.57 Å². The smallest absolute Gasteiger partial charge is 0.351 e. The lowest BCUT2D eigenvalue weighted by molar-refractivity contribution is -0.0802. The first-order chi connectivity index (χ1) is 9.81. The minimum atomic E-state index is -2.68. The SMILES string of the molecule is C[C@H](O)[C@H]1O[C@@H](n2ccc(N)nc2=O)C(F)(C#CCl)[C@H]1O. The quantitative estimate of drug-likeness (QED) is 0.627. The molecule has 114 valence electrons. The number of aliphatic hydroxyl groups is 2. The van der Waals surface area contributed by atoms with Crippen LogP contribution in [0.3, 0.4) is 0 Å². The lowest BCUT2D eigenvalue weighted by Gasteiger charge is -2.23. The van der Waals surface area contributed by atoms with Crippen LogP contribution in [-0.4, -0.2) is 43.7 Å². The van der Waals surface area contributed by atoms with Crippen molar-refractivity contribution in [2.24, 2.45) is 0 Å². The second kappa shape index (κ2) is 5.61. The van der Waals surface area contributed by atoms with Gasteiger partial charge in [0.15, 0.2) is 6.23 Å². The van der Waals surface area contributed by atoms with E-state index < -0.39 is 35.9 Å². The van der Waals surface area contributed by atoms with Gasteiger partial charge in [0, 0.05) is 11.6 Å². The fourth-order valence-electron chi connectivity index (χ4n) is 2.17. The summed E-state index contributed by atoms with van der Waals surface area (Å²) in [5.41, 5.74) is 1.80. The number of aromatic nitrogens is 2. The zero-order chi connectivity index (χ0) is 15.8. The van der Waals surface area contributed by atoms with Crippen LogP contribution in [-0.2, 0) is 4.74 Å². The van der Waals surface area contributed by atoms with Crippen molar-refractivity contribution < 1.29 is 19.3 Å². The van der Waals surface area contributed by atoms with Crippen LogP contribution in [0.5, 0.6) is 0 Å². The number of rotatable bonds is 2. The number of hydrogen-bond acceptors (Lipinski definition) is 6. The minimum absolute atomic E-state index is 0.0465. The Kier molecular flexibility index (Phi) is 4.20. The van der Waals surface area contributed by atoms with Crippen LogP contribution in [0.2, 0.25) is 0 Å². The fourth-order valence-corrected chi connectivity index (χ4v) is 2.31. The van der Waals surface area contributed by atoms with Crippen LogP contribution in [0, 0.1) is 11.3 Å². The number of anilines is 1. The molecule has 1 aliphatic heterocycles. The summed E-state index contributed by atoms with van der Waals surface area (Å²) in [5, 5.41) is 21.4. The van der Waals surface area contributed by atoms with Crippen molar-refractivity contribution in [3.05, 3.63) is 22.7 Å². The maximum Gasteiger partial charge on any atom is 0.351 e. The topological polar surface area (TPSA) is 111 Å². The summed E-state index contributed by atoms with van der Waals surface area (Å²) in [4.78, 5) is 15.3. The molecule has 2 rings (SSSR count). The van der Waals surface area contributed by atoms with E-state index in [9.17, 15) is 19.4 Å². The van der Waals surface area contributed by atoms with Gasteiger partial charge in [-0.1, -0.05) is 0 Å². The predicted molar refractivity (Wildman–Crippen MR) is 72.0 cm³/mol. The molecule has 7 nitrogen and oxygen atoms in total. The molecule has 1 saturated heterocycles. The van der Waals surface area contributed by atoms with E-state index in [4.69, 9.17) is 22.1 Å². The van der Waals surface area contributed by atoms with Gasteiger partial charge in [0.1, 0.15) is 18.0 Å². The fraction of sp³-hybridized carbons (Fsp3) is 0.500. The van der Waals surface area contributed by atoms with Crippen LogP contribution in [0.15, 0.2) is 17.1 Å². The Bertz CT molecular complexity index is 656. The maximum absolute atomic E-state index is 15.0. The molecule has 0 aromatic carbocycles. The molecule has 1 aromatic heterocycles. The molecule has 21 heavy (non-hydrogen) atoms. The largest absolute Gasteiger partial charge is 0.391 e. The number of nitrogen functional groups attached to an aromatic ring is 1. The Morgan fingerprint density at radius 3 is 2.90 bits per heavy atom. The first kappa shape index (κ1) is 15.7. The Morgan fingerprint density at radius 2 is 2.38 bits per heavy atom. The molecule has 0 spiro atoms. The summed E-state index contributed by atoms with van der Waals surface area (Å²) in [6.07, 6.45) is -4.70. The van der Waals surface area contributed by atoms with Crippen molar-refractivity contribution in [2.45, 2.75) is 37.1 Å². The molecular formula is C12H13ClFN3O4. The zero-order valence-corrected chi connectivity index (χ0v) is 11.7. The number of nitrogens with zero attached hydrogens (tertiary/aromatic N) is 2. The summed E-state index contributed by atoms with van der Waals surface area (Å²) >= 11 is 5.23. The number of aliphatic hydroxyl groups excluding tert-OH is 2. The van der Waals surface area contributed by atoms with Gasteiger partial charge in [-0.15, -0.1) is 0 Å². The molecule has 1 fully saturated rings. The highest BCUT2D eigenvalue weighted by atomic mass is 35.5. The van der Waals surface area contributed by atoms with Gasteiger partial charge >= 0.3 is 5.69 Å². The monoisotopic (exact) mass is 317 g/mol. The molecular weight excluding hydrogens is 305 g/mol. The van der Waals surface area contributed by atoms with Gasteiger partial charge in [0.2, 0.25) is 5.67 Å². The van der Waals surface area contributed by atoms with Crippen molar-refractivity contribution in [1.82, 2.24) is 9.55 Å². The summed E-state index contributed by atoms with van der Waals surface area (Å²) in [6, 6.07) is 1.27. The highest BCUT2D eigenvalue weighted by Gasteiger charge is 2.59. The van der Waals surface area contributed by atoms with Crippen LogP contribution in [0.1, 0.15) is 13.2 Å². The molecule has 4 N–H and O–H groups in total. The highest BCUT2D eigenvalue weighted by molar-refractivity contribution is 6.30. The van der Waals surface area contributed by atoms with E-state index in [-0.39, 0.29) is 5.82 Å². The lowest BCUT2D eigenvalue weighted by atomic mass is 9.95. The van der Waals surface area contributed by atoms with Crippen molar-refractivity contribution in [3.63, 3.8) is 0 Å². The Hall–Kier alpha value is -1.66. The molecule has 0 amide bonds. The molecule has 9 heteroatoms. The van der Waals surface area contributed by atoms with Gasteiger partial charge in [-0.05, 0) is 30.5 Å². The molecule has 1 aromatic rings. The van der Waals surface area contributed by atoms with E-state index in [0.29, 0.717) is 0 Å². The number of halogens is 2. The van der Waals surface area contributed by atoms with E-state index in [1.807, 2.05) is 11.3 Å². The third-order valence-electron chi connectivity index (χ3n) is 3.21. The first-order valence-corrected chi connectivity index (χ1v) is 6.37. The number of alkyl halides is 1. The summed E-state index contributed by atoms with van der Waals surface area (Å²) in [7, 11) is 0. The molecule has 1 unspecified atom stereocenters. The normalized spacial score (nSPS) is 33.3. The van der Waals surface area contributed by atoms with Crippen LogP contribution >= 0.6 is 11.6 Å². The Labute approximate surface area is 124 Å². The van der Waals surface area contributed by atoms with E-state index in [2.05, 4.69) is 4.98 Å². The molecule has 1 aliphatic rings. The third-order valence-corrected chi connectivity index (χ3v) is 3.30. The first-order valence-electron chi connectivity index (χ1n) is 5.99. The van der Waals surface area contributed by atoms with Crippen LogP contribution in [0.25, 0.3) is 0 Å². The molecule has 0 bridgehead atoms. The summed E-state index contributed by atoms with van der Waals surface area (Å²) < 4.78 is 21.0. The van der Waals surface area contributed by atoms with Gasteiger partial charge in [-0.25, -0.2) is 9.18 Å². The van der Waals surface area contributed by atoms with Gasteiger partial charge in [0.05, 0.1) is 6.10 Å². The molecule has 0 radical (unpaired) electrons. The van der Waals surface area contributed by atoms with Crippen molar-refractivity contribution in [1.29, 1.82) is 0 Å². The number of nitrogens with two attached hydrogens (primary N) is 1. The molecule has 0 aliphatic carbocycles. The summed E-state index contributed by atoms with van der Waals surface area (Å²) in [6.45, 7) is 1.31. The Morgan fingerprint density at radius 1 is 1.71 bits per heavy atom. The zero-order valence-electron chi connectivity index (χ0n) is 10.9. The van der Waals surface area contributed by atoms with Crippen molar-refractivity contribution >= 4 is 17.4 Å². The van der Waals surface area contributed by atoms with Crippen LogP contribution in [0.4, 0.5) is 10.2 Å². The van der Waals surface area contributed by atoms with Crippen LogP contribution < -0.4 is 11.4 Å². The maximum atomic E-state index is 15.0. The molecule has 5 atom stereocenters. The van der Waals surface area contributed by atoms with Gasteiger partial charge in [0.25, 0.3) is 0 Å². The number of ether oxygens (including phenoxy) is 1. The van der Waals surface area contributed by atoms with Gasteiger partial charge < -0.3 is 20.7 Å². The van der Waals surface area contributed by atoms with E-state index >= 15 is 0 Å². The third kappa shape index (κ3) is 2.61. The highest BCUT2D eigenvalue weighted by Crippen LogP contribution is 2.41. The van der Waals surface area contributed by atoms with Crippen molar-refractivity contribution in [3.8, 4) is 11.3 Å². The molecule has 2 heterocycles. The van der Waals surface area contributed by atoms with E-state index in [1.165, 1.54) is 13.0 Å². The standard InChI is InChI=1S/C12H13ClFN3O4/c1-6(18)8-9(19)12(14,3-4-13)10(21-8)17-5-2-7(15)16-11(17)20/h2,5-6,8-10,18-19H,1H3,(H2,15,16,20)/t6-,8+,9-,10+,12?/m0/s1. The van der Waals surface area contributed by atoms with Crippen molar-refractivity contribution in [2.75, 3.05) is 5.73 Å². The second-order valence-electron chi connectivity index (χ2n) is 4.67. The minimum Gasteiger partial charge on any atom is -0.391 e. The predicted octanol–water partition coefficient (Wildman–Crippen LogP) is -0.627. The summed E-state index contributed by atoms with van der Waals surface area (Å²) in [5.74, 6) is 1.94. The second-order valence-corrected chi connectivity index (χ2v) is 4.86. The lowest BCUT2D eigenvalue weighted by Crippen LogP contribution is -2.45. The average molecular weight is 318 g/mol.